The van der Waals surface area contributed by atoms with Gasteiger partial charge in [-0.15, -0.1) is 0 Å². The van der Waals surface area contributed by atoms with Gasteiger partial charge in [0.05, 0.1) is 0 Å². The third-order valence-electron chi connectivity index (χ3n) is 4.02. The normalized spacial score (nSPS) is 31.8. The molecule has 102 valence electrons. The minimum absolute atomic E-state index is 0.124. The number of nitrogens with zero attached hydrogens (tertiary/aromatic N) is 1. The van der Waals surface area contributed by atoms with Crippen molar-refractivity contribution < 1.29 is 19.4 Å². The molecule has 0 aromatic rings. The molecular weight excluding hydrogens is 234 g/mol. The Hall–Kier alpha value is -1.10. The number of aliphatic carboxylic acids is 1. The molecule has 0 aromatic carbocycles. The molecule has 2 aliphatic rings. The van der Waals surface area contributed by atoms with E-state index in [-0.39, 0.29) is 5.91 Å². The first-order chi connectivity index (χ1) is 8.62. The Morgan fingerprint density at radius 2 is 2.22 bits per heavy atom. The highest BCUT2D eigenvalue weighted by molar-refractivity contribution is 5.90. The molecule has 2 fully saturated rings. The fraction of sp³-hybridized carbons (Fsp3) is 0.846. The van der Waals surface area contributed by atoms with E-state index in [1.165, 1.54) is 0 Å². The van der Waals surface area contributed by atoms with Crippen LogP contribution < -0.4 is 0 Å². The number of ether oxygens (including phenoxy) is 1. The van der Waals surface area contributed by atoms with Gasteiger partial charge in [-0.05, 0) is 32.1 Å². The summed E-state index contributed by atoms with van der Waals surface area (Å²) in [5, 5.41) is 9.52. The fourth-order valence-electron chi connectivity index (χ4n) is 3.15. The van der Waals surface area contributed by atoms with Crippen molar-refractivity contribution >= 4 is 11.9 Å². The Morgan fingerprint density at radius 3 is 2.78 bits per heavy atom. The summed E-state index contributed by atoms with van der Waals surface area (Å²) in [6.45, 7) is 3.11. The van der Waals surface area contributed by atoms with Gasteiger partial charge in [0.1, 0.15) is 11.6 Å². The summed E-state index contributed by atoms with van der Waals surface area (Å²) < 4.78 is 5.39. The zero-order chi connectivity index (χ0) is 13.2. The van der Waals surface area contributed by atoms with Gasteiger partial charge < -0.3 is 14.7 Å². The second-order valence-corrected chi connectivity index (χ2v) is 5.18. The quantitative estimate of drug-likeness (QED) is 0.824. The minimum Gasteiger partial charge on any atom is -0.479 e. The number of hydrogen-bond donors (Lipinski definition) is 1. The fourth-order valence-corrected chi connectivity index (χ4v) is 3.15. The lowest BCUT2D eigenvalue weighted by Gasteiger charge is -2.35. The van der Waals surface area contributed by atoms with Gasteiger partial charge in [-0.2, -0.15) is 0 Å². The largest absolute Gasteiger partial charge is 0.479 e. The first-order valence-corrected chi connectivity index (χ1v) is 6.78. The molecule has 1 amide bonds. The van der Waals surface area contributed by atoms with Gasteiger partial charge in [-0.3, -0.25) is 4.79 Å². The molecule has 0 bridgehead atoms. The zero-order valence-corrected chi connectivity index (χ0v) is 10.9. The maximum atomic E-state index is 12.4. The predicted molar refractivity (Wildman–Crippen MR) is 65.2 cm³/mol. The third kappa shape index (κ3) is 2.11. The molecule has 0 spiro atoms. The number of hydrogen-bond acceptors (Lipinski definition) is 3. The van der Waals surface area contributed by atoms with Crippen LogP contribution >= 0.6 is 0 Å². The van der Waals surface area contributed by atoms with Crippen LogP contribution in [0.3, 0.4) is 0 Å². The molecular formula is C13H21NO4. The van der Waals surface area contributed by atoms with Crippen molar-refractivity contribution in [2.24, 2.45) is 0 Å². The van der Waals surface area contributed by atoms with Gasteiger partial charge in [0.25, 0.3) is 5.91 Å². The van der Waals surface area contributed by atoms with Gasteiger partial charge in [-0.1, -0.05) is 13.3 Å². The van der Waals surface area contributed by atoms with Crippen molar-refractivity contribution in [2.45, 2.75) is 57.1 Å². The number of rotatable bonds is 4. The summed E-state index contributed by atoms with van der Waals surface area (Å²) in [5.41, 5.74) is -0.988. The Morgan fingerprint density at radius 1 is 1.44 bits per heavy atom. The van der Waals surface area contributed by atoms with Gasteiger partial charge >= 0.3 is 5.97 Å². The van der Waals surface area contributed by atoms with E-state index >= 15 is 0 Å². The van der Waals surface area contributed by atoms with Gasteiger partial charge in [-0.25, -0.2) is 4.79 Å². The van der Waals surface area contributed by atoms with Crippen molar-refractivity contribution in [3.8, 4) is 0 Å². The molecule has 5 heteroatoms. The summed E-state index contributed by atoms with van der Waals surface area (Å²) in [5.74, 6) is -0.992. The van der Waals surface area contributed by atoms with Crippen LogP contribution in [0.25, 0.3) is 0 Å². The summed E-state index contributed by atoms with van der Waals surface area (Å²) in [7, 11) is 0. The molecule has 2 heterocycles. The molecule has 18 heavy (non-hydrogen) atoms. The smallest absolute Gasteiger partial charge is 0.329 e. The van der Waals surface area contributed by atoms with Gasteiger partial charge in [0.15, 0.2) is 0 Å². The summed E-state index contributed by atoms with van der Waals surface area (Å²) >= 11 is 0. The van der Waals surface area contributed by atoms with Crippen molar-refractivity contribution in [1.29, 1.82) is 0 Å². The molecule has 2 rings (SSSR count). The van der Waals surface area contributed by atoms with Crippen LogP contribution in [0.4, 0.5) is 0 Å². The number of amides is 1. The Kier molecular flexibility index (Phi) is 3.90. The van der Waals surface area contributed by atoms with Crippen molar-refractivity contribution in [2.75, 3.05) is 13.2 Å². The maximum Gasteiger partial charge on any atom is 0.329 e. The van der Waals surface area contributed by atoms with Crippen LogP contribution in [0.2, 0.25) is 0 Å². The third-order valence-corrected chi connectivity index (χ3v) is 4.02. The number of likely N-dealkylation sites (tertiary alicyclic amines) is 1. The molecule has 1 unspecified atom stereocenters. The molecule has 0 aromatic heterocycles. The number of carbonyl (C=O) groups excluding carboxylic acids is 1. The van der Waals surface area contributed by atoms with E-state index in [0.29, 0.717) is 26.0 Å². The van der Waals surface area contributed by atoms with Crippen LogP contribution in [0.5, 0.6) is 0 Å². The van der Waals surface area contributed by atoms with E-state index in [1.54, 1.807) is 4.90 Å². The van der Waals surface area contributed by atoms with E-state index in [1.807, 2.05) is 6.92 Å². The van der Waals surface area contributed by atoms with Crippen LogP contribution in [-0.4, -0.2) is 46.7 Å². The highest BCUT2D eigenvalue weighted by atomic mass is 16.5. The molecule has 0 saturated carbocycles. The molecule has 0 aliphatic carbocycles. The number of carbonyl (C=O) groups is 2. The summed E-state index contributed by atoms with van der Waals surface area (Å²) in [4.78, 5) is 25.6. The topological polar surface area (TPSA) is 66.8 Å². The van der Waals surface area contributed by atoms with E-state index < -0.39 is 17.6 Å². The van der Waals surface area contributed by atoms with Crippen LogP contribution in [0, 0.1) is 0 Å². The summed E-state index contributed by atoms with van der Waals surface area (Å²) in [6.07, 6.45) is 3.82. The number of carboxylic acids is 1. The first-order valence-electron chi connectivity index (χ1n) is 6.78. The van der Waals surface area contributed by atoms with Crippen molar-refractivity contribution in [3.05, 3.63) is 0 Å². The van der Waals surface area contributed by atoms with Gasteiger partial charge in [0, 0.05) is 13.2 Å². The lowest BCUT2D eigenvalue weighted by molar-refractivity contribution is -0.161. The molecule has 5 nitrogen and oxygen atoms in total. The minimum atomic E-state index is -0.988. The standard InChI is InChI=1S/C13H21NO4/c1-2-6-13(12(16)17)7-4-8-14(13)11(15)10-5-3-9-18-10/h10H,2-9H2,1H3,(H,16,17)/t10-,13?/m1/s1. The Bertz CT molecular complexity index is 338. The van der Waals surface area contributed by atoms with E-state index in [0.717, 1.165) is 25.7 Å². The monoisotopic (exact) mass is 255 g/mol. The highest BCUT2D eigenvalue weighted by Gasteiger charge is 2.50. The molecule has 2 saturated heterocycles. The Labute approximate surface area is 107 Å². The van der Waals surface area contributed by atoms with E-state index in [9.17, 15) is 14.7 Å². The lowest BCUT2D eigenvalue weighted by atomic mass is 9.90. The van der Waals surface area contributed by atoms with Gasteiger partial charge in [0.2, 0.25) is 0 Å². The van der Waals surface area contributed by atoms with E-state index in [2.05, 4.69) is 0 Å². The maximum absolute atomic E-state index is 12.4. The van der Waals surface area contributed by atoms with Crippen LogP contribution in [-0.2, 0) is 14.3 Å². The number of carboxylic acid groups (broad SMARTS) is 1. The average Bonchev–Trinajstić information content (AvgIpc) is 2.98. The molecule has 2 aliphatic heterocycles. The van der Waals surface area contributed by atoms with Crippen LogP contribution in [0.1, 0.15) is 45.4 Å². The SMILES string of the molecule is CCCC1(C(=O)O)CCCN1C(=O)[C@H]1CCCO1. The summed E-state index contributed by atoms with van der Waals surface area (Å²) in [6, 6.07) is 0. The second-order valence-electron chi connectivity index (χ2n) is 5.18. The van der Waals surface area contributed by atoms with Crippen molar-refractivity contribution in [3.63, 3.8) is 0 Å². The van der Waals surface area contributed by atoms with Crippen LogP contribution in [0.15, 0.2) is 0 Å². The molecule has 2 atom stereocenters. The van der Waals surface area contributed by atoms with Crippen molar-refractivity contribution in [1.82, 2.24) is 4.90 Å². The lowest BCUT2D eigenvalue weighted by Crippen LogP contribution is -2.55. The highest BCUT2D eigenvalue weighted by Crippen LogP contribution is 2.35. The predicted octanol–water partition coefficient (Wildman–Crippen LogP) is 1.41. The first kappa shape index (κ1) is 13.3. The second kappa shape index (κ2) is 5.26. The average molecular weight is 255 g/mol. The molecule has 0 radical (unpaired) electrons. The zero-order valence-electron chi connectivity index (χ0n) is 10.9. The Balaban J connectivity index is 2.18. The van der Waals surface area contributed by atoms with E-state index in [4.69, 9.17) is 4.74 Å². The molecule has 1 N–H and O–H groups in total.